The summed E-state index contributed by atoms with van der Waals surface area (Å²) >= 11 is 1.51. The summed E-state index contributed by atoms with van der Waals surface area (Å²) in [6, 6.07) is 2.51. The SMILES string of the molecule is O=c1c2ccsc2ncn1CCNC1CCCC1. The van der Waals surface area contributed by atoms with Gasteiger partial charge in [0, 0.05) is 19.1 Å². The molecule has 0 bridgehead atoms. The molecule has 0 spiro atoms. The van der Waals surface area contributed by atoms with E-state index in [1.165, 1.54) is 37.0 Å². The summed E-state index contributed by atoms with van der Waals surface area (Å²) in [4.78, 5) is 17.3. The fourth-order valence-corrected chi connectivity index (χ4v) is 3.29. The van der Waals surface area contributed by atoms with Crippen molar-refractivity contribution in [2.75, 3.05) is 6.54 Å². The summed E-state index contributed by atoms with van der Waals surface area (Å²) in [5, 5.41) is 6.17. The number of fused-ring (bicyclic) bond motifs is 1. The number of nitrogens with zero attached hydrogens (tertiary/aromatic N) is 2. The molecule has 1 N–H and O–H groups in total. The van der Waals surface area contributed by atoms with Gasteiger partial charge in [0.2, 0.25) is 0 Å². The van der Waals surface area contributed by atoms with Gasteiger partial charge in [0.25, 0.3) is 5.56 Å². The van der Waals surface area contributed by atoms with Crippen molar-refractivity contribution >= 4 is 21.6 Å². The number of rotatable bonds is 4. The van der Waals surface area contributed by atoms with E-state index in [9.17, 15) is 4.79 Å². The van der Waals surface area contributed by atoms with E-state index < -0.39 is 0 Å². The van der Waals surface area contributed by atoms with Gasteiger partial charge in [-0.15, -0.1) is 11.3 Å². The van der Waals surface area contributed by atoms with Gasteiger partial charge in [-0.3, -0.25) is 9.36 Å². The van der Waals surface area contributed by atoms with Crippen LogP contribution in [-0.4, -0.2) is 22.1 Å². The third-order valence-corrected chi connectivity index (χ3v) is 4.41. The van der Waals surface area contributed by atoms with E-state index in [2.05, 4.69) is 10.3 Å². The van der Waals surface area contributed by atoms with E-state index in [0.29, 0.717) is 12.6 Å². The van der Waals surface area contributed by atoms with Crippen LogP contribution in [-0.2, 0) is 6.54 Å². The van der Waals surface area contributed by atoms with Crippen LogP contribution in [0.25, 0.3) is 10.2 Å². The average molecular weight is 263 g/mol. The van der Waals surface area contributed by atoms with Gasteiger partial charge in [0.1, 0.15) is 4.83 Å². The Labute approximate surface area is 110 Å². The Kier molecular flexibility index (Phi) is 3.43. The minimum absolute atomic E-state index is 0.0782. The highest BCUT2D eigenvalue weighted by atomic mass is 32.1. The van der Waals surface area contributed by atoms with Crippen LogP contribution in [0.1, 0.15) is 25.7 Å². The molecule has 2 heterocycles. The van der Waals surface area contributed by atoms with Gasteiger partial charge in [0.05, 0.1) is 11.7 Å². The summed E-state index contributed by atoms with van der Waals surface area (Å²) in [6.07, 6.45) is 6.88. The first-order valence-electron chi connectivity index (χ1n) is 6.50. The summed E-state index contributed by atoms with van der Waals surface area (Å²) in [5.74, 6) is 0. The van der Waals surface area contributed by atoms with Crippen molar-refractivity contribution in [3.8, 4) is 0 Å². The minimum atomic E-state index is 0.0782. The number of thiophene rings is 1. The Balaban J connectivity index is 1.66. The molecule has 0 amide bonds. The summed E-state index contributed by atoms with van der Waals surface area (Å²) in [5.41, 5.74) is 0.0782. The van der Waals surface area contributed by atoms with Crippen molar-refractivity contribution in [3.05, 3.63) is 28.1 Å². The Bertz CT molecular complexity index is 583. The maximum absolute atomic E-state index is 12.1. The Morgan fingerprint density at radius 2 is 2.28 bits per heavy atom. The molecular formula is C13H17N3OS. The van der Waals surface area contributed by atoms with Crippen molar-refractivity contribution in [3.63, 3.8) is 0 Å². The fraction of sp³-hybridized carbons (Fsp3) is 0.538. The molecule has 2 aromatic heterocycles. The molecule has 1 fully saturated rings. The number of nitrogens with one attached hydrogen (secondary N) is 1. The lowest BCUT2D eigenvalue weighted by molar-refractivity contribution is 0.491. The average Bonchev–Trinajstić information content (AvgIpc) is 3.02. The molecule has 3 rings (SSSR count). The van der Waals surface area contributed by atoms with Crippen LogP contribution in [0.3, 0.4) is 0 Å². The zero-order valence-corrected chi connectivity index (χ0v) is 11.1. The van der Waals surface area contributed by atoms with Gasteiger partial charge in [-0.25, -0.2) is 4.98 Å². The second-order valence-electron chi connectivity index (χ2n) is 4.82. The zero-order chi connectivity index (χ0) is 12.4. The zero-order valence-electron chi connectivity index (χ0n) is 10.3. The van der Waals surface area contributed by atoms with Crippen LogP contribution < -0.4 is 10.9 Å². The van der Waals surface area contributed by atoms with Gasteiger partial charge in [0.15, 0.2) is 0 Å². The number of hydrogen-bond acceptors (Lipinski definition) is 4. The lowest BCUT2D eigenvalue weighted by atomic mass is 10.2. The van der Waals surface area contributed by atoms with Crippen LogP contribution in [0.4, 0.5) is 0 Å². The van der Waals surface area contributed by atoms with E-state index in [0.717, 1.165) is 16.8 Å². The number of hydrogen-bond donors (Lipinski definition) is 1. The molecule has 0 unspecified atom stereocenters. The van der Waals surface area contributed by atoms with Crippen molar-refractivity contribution in [2.45, 2.75) is 38.3 Å². The lowest BCUT2D eigenvalue weighted by Crippen LogP contribution is -2.32. The molecule has 0 aliphatic heterocycles. The first kappa shape index (κ1) is 11.9. The Morgan fingerprint density at radius 1 is 1.44 bits per heavy atom. The van der Waals surface area contributed by atoms with Crippen molar-refractivity contribution in [2.24, 2.45) is 0 Å². The van der Waals surface area contributed by atoms with Crippen LogP contribution in [0, 0.1) is 0 Å². The Hall–Kier alpha value is -1.20. The highest BCUT2D eigenvalue weighted by Crippen LogP contribution is 2.17. The van der Waals surface area contributed by atoms with Crippen molar-refractivity contribution < 1.29 is 0 Å². The quantitative estimate of drug-likeness (QED) is 0.917. The maximum atomic E-state index is 12.1. The molecule has 0 atom stereocenters. The minimum Gasteiger partial charge on any atom is -0.312 e. The van der Waals surface area contributed by atoms with Crippen molar-refractivity contribution in [1.82, 2.24) is 14.9 Å². The normalized spacial score (nSPS) is 16.7. The standard InChI is InChI=1S/C13H17N3OS/c17-13-11-5-8-18-12(11)15-9-16(13)7-6-14-10-3-1-2-4-10/h5,8-10,14H,1-4,6-7H2. The van der Waals surface area contributed by atoms with Gasteiger partial charge in [-0.2, -0.15) is 0 Å². The third kappa shape index (κ3) is 2.33. The van der Waals surface area contributed by atoms with Crippen LogP contribution >= 0.6 is 11.3 Å². The monoisotopic (exact) mass is 263 g/mol. The molecule has 5 heteroatoms. The second-order valence-corrected chi connectivity index (χ2v) is 5.71. The van der Waals surface area contributed by atoms with E-state index in [1.807, 2.05) is 11.4 Å². The van der Waals surface area contributed by atoms with Gasteiger partial charge < -0.3 is 5.32 Å². The molecule has 1 saturated carbocycles. The molecular weight excluding hydrogens is 246 g/mol. The molecule has 0 aromatic carbocycles. The van der Waals surface area contributed by atoms with Gasteiger partial charge in [-0.1, -0.05) is 12.8 Å². The lowest BCUT2D eigenvalue weighted by Gasteiger charge is -2.12. The Morgan fingerprint density at radius 3 is 3.11 bits per heavy atom. The number of aromatic nitrogens is 2. The molecule has 1 aliphatic carbocycles. The van der Waals surface area contributed by atoms with Gasteiger partial charge in [-0.05, 0) is 24.3 Å². The highest BCUT2D eigenvalue weighted by molar-refractivity contribution is 7.16. The summed E-state index contributed by atoms with van der Waals surface area (Å²) in [7, 11) is 0. The van der Waals surface area contributed by atoms with Crippen LogP contribution in [0.2, 0.25) is 0 Å². The van der Waals surface area contributed by atoms with Crippen LogP contribution in [0.5, 0.6) is 0 Å². The van der Waals surface area contributed by atoms with E-state index in [4.69, 9.17) is 0 Å². The van der Waals surface area contributed by atoms with E-state index in [-0.39, 0.29) is 5.56 Å². The third-order valence-electron chi connectivity index (χ3n) is 3.59. The van der Waals surface area contributed by atoms with Gasteiger partial charge >= 0.3 is 0 Å². The van der Waals surface area contributed by atoms with E-state index in [1.54, 1.807) is 10.9 Å². The maximum Gasteiger partial charge on any atom is 0.262 e. The molecule has 0 saturated heterocycles. The predicted octanol–water partition coefficient (Wildman–Crippen LogP) is 1.99. The predicted molar refractivity (Wildman–Crippen MR) is 74.1 cm³/mol. The molecule has 0 radical (unpaired) electrons. The molecule has 2 aromatic rings. The molecule has 96 valence electrons. The summed E-state index contributed by atoms with van der Waals surface area (Å²) < 4.78 is 1.71. The molecule has 1 aliphatic rings. The molecule has 4 nitrogen and oxygen atoms in total. The topological polar surface area (TPSA) is 46.9 Å². The highest BCUT2D eigenvalue weighted by Gasteiger charge is 2.13. The largest absolute Gasteiger partial charge is 0.312 e. The first-order valence-corrected chi connectivity index (χ1v) is 7.38. The first-order chi connectivity index (χ1) is 8.84. The molecule has 18 heavy (non-hydrogen) atoms. The summed E-state index contributed by atoms with van der Waals surface area (Å²) in [6.45, 7) is 1.55. The van der Waals surface area contributed by atoms with Crippen LogP contribution in [0.15, 0.2) is 22.6 Å². The smallest absolute Gasteiger partial charge is 0.262 e. The van der Waals surface area contributed by atoms with E-state index >= 15 is 0 Å². The van der Waals surface area contributed by atoms with Crippen molar-refractivity contribution in [1.29, 1.82) is 0 Å². The second kappa shape index (κ2) is 5.20. The fourth-order valence-electron chi connectivity index (χ4n) is 2.57.